The number of nitrogens with one attached hydrogen (secondary N) is 1. The van der Waals surface area contributed by atoms with Crippen LogP contribution in [0.5, 0.6) is 5.75 Å². The van der Waals surface area contributed by atoms with Crippen LogP contribution in [0.2, 0.25) is 0 Å². The number of benzene rings is 2. The van der Waals surface area contributed by atoms with Crippen molar-refractivity contribution in [3.8, 4) is 5.75 Å². The van der Waals surface area contributed by atoms with E-state index >= 15 is 0 Å². The van der Waals surface area contributed by atoms with Gasteiger partial charge in [-0.15, -0.1) is 0 Å². The van der Waals surface area contributed by atoms with Gasteiger partial charge in [-0.05, 0) is 41.4 Å². The van der Waals surface area contributed by atoms with Crippen LogP contribution in [0.15, 0.2) is 28.9 Å². The zero-order valence-corrected chi connectivity index (χ0v) is 19.3. The lowest BCUT2D eigenvalue weighted by Gasteiger charge is -2.21. The number of unbranched alkanes of at least 4 members (excludes halogenated alkanes) is 5. The van der Waals surface area contributed by atoms with Crippen molar-refractivity contribution < 1.29 is 27.9 Å². The third-order valence-corrected chi connectivity index (χ3v) is 5.59. The molecule has 0 saturated heterocycles. The second kappa shape index (κ2) is 12.0. The highest BCUT2D eigenvalue weighted by Gasteiger charge is 2.23. The van der Waals surface area contributed by atoms with Gasteiger partial charge in [0.2, 0.25) is 5.52 Å². The van der Waals surface area contributed by atoms with Gasteiger partial charge in [0.25, 0.3) is 5.91 Å². The maximum Gasteiger partial charge on any atom is 0.300 e. The van der Waals surface area contributed by atoms with Gasteiger partial charge in [-0.25, -0.2) is 13.4 Å². The molecule has 0 aliphatic heterocycles. The fraction of sp³-hybridized carbons (Fsp3) is 0.435. The summed E-state index contributed by atoms with van der Waals surface area (Å²) in [7, 11) is 0. The third-order valence-electron chi connectivity index (χ3n) is 5.59. The largest absolute Gasteiger partial charge is 0.485 e. The Morgan fingerprint density at radius 3 is 2.57 bits per heavy atom. The van der Waals surface area contributed by atoms with Crippen LogP contribution in [0.1, 0.15) is 62.2 Å². The maximum absolute atomic E-state index is 14.7. The number of rotatable bonds is 14. The molecule has 1 heterocycles. The van der Waals surface area contributed by atoms with Gasteiger partial charge in [0.05, 0.1) is 17.2 Å². The first-order valence-corrected chi connectivity index (χ1v) is 11.4. The predicted octanol–water partition coefficient (Wildman–Crippen LogP) is 5.12. The standard InChI is InChI=1S/C23H27F2N5O5/c1-2-3-4-5-6-7-8-14(34-18-12-9-15(24)19(20(18)25)23(26)31)13-27-16-10-11-17(30(32)33)22-21(16)28-35-29-22/h9-12,14,27H,2-8,13H2,1H3,(H2,26,31). The van der Waals surface area contributed by atoms with Gasteiger partial charge in [0, 0.05) is 6.07 Å². The number of non-ortho nitro benzene ring substituents is 1. The first kappa shape index (κ1) is 25.8. The highest BCUT2D eigenvalue weighted by molar-refractivity contribution is 5.94. The summed E-state index contributed by atoms with van der Waals surface area (Å²) in [6.07, 6.45) is 6.16. The number of aromatic nitrogens is 2. The first-order valence-electron chi connectivity index (χ1n) is 11.4. The second-order valence-electron chi connectivity index (χ2n) is 8.13. The van der Waals surface area contributed by atoms with Crippen molar-refractivity contribution in [2.75, 3.05) is 11.9 Å². The van der Waals surface area contributed by atoms with Gasteiger partial charge in [0.1, 0.15) is 17.5 Å². The minimum absolute atomic E-state index is 0.0101. The van der Waals surface area contributed by atoms with Crippen LogP contribution in [-0.2, 0) is 0 Å². The lowest BCUT2D eigenvalue weighted by molar-refractivity contribution is -0.383. The van der Waals surface area contributed by atoms with Crippen molar-refractivity contribution in [1.29, 1.82) is 0 Å². The van der Waals surface area contributed by atoms with Gasteiger partial charge >= 0.3 is 5.69 Å². The lowest BCUT2D eigenvalue weighted by Crippen LogP contribution is -2.27. The van der Waals surface area contributed by atoms with Gasteiger partial charge in [-0.1, -0.05) is 39.0 Å². The zero-order valence-electron chi connectivity index (χ0n) is 19.3. The van der Waals surface area contributed by atoms with E-state index in [1.807, 2.05) is 0 Å². The smallest absolute Gasteiger partial charge is 0.300 e. The number of nitro groups is 1. The number of ether oxygens (including phenoxy) is 1. The molecule has 0 saturated carbocycles. The van der Waals surface area contributed by atoms with Crippen molar-refractivity contribution >= 4 is 28.3 Å². The Hall–Kier alpha value is -3.83. The number of hydrogen-bond acceptors (Lipinski definition) is 8. The Morgan fingerprint density at radius 1 is 1.14 bits per heavy atom. The van der Waals surface area contributed by atoms with Crippen molar-refractivity contribution in [2.45, 2.75) is 58.0 Å². The minimum atomic E-state index is -1.23. The summed E-state index contributed by atoms with van der Waals surface area (Å²) in [4.78, 5) is 22.1. The molecule has 0 aliphatic rings. The number of halogens is 2. The van der Waals surface area contributed by atoms with E-state index < -0.39 is 34.1 Å². The van der Waals surface area contributed by atoms with Crippen molar-refractivity contribution in [1.82, 2.24) is 10.3 Å². The van der Waals surface area contributed by atoms with Crippen LogP contribution in [-0.4, -0.2) is 33.8 Å². The molecule has 3 rings (SSSR count). The van der Waals surface area contributed by atoms with Gasteiger partial charge in [-0.3, -0.25) is 14.9 Å². The SMILES string of the molecule is CCCCCCCCC(CNc1ccc([N+](=O)[O-])c2nonc12)Oc1ccc(F)c(C(N)=O)c1F. The van der Waals surface area contributed by atoms with E-state index in [1.165, 1.54) is 12.1 Å². The average molecular weight is 491 g/mol. The quantitative estimate of drug-likeness (QED) is 0.179. The fourth-order valence-corrected chi connectivity index (χ4v) is 3.75. The van der Waals surface area contributed by atoms with E-state index in [-0.39, 0.29) is 29.0 Å². The molecule has 188 valence electrons. The summed E-state index contributed by atoms with van der Waals surface area (Å²) in [5.41, 5.74) is 4.57. The Bertz CT molecular complexity index is 1190. The molecule has 0 fully saturated rings. The van der Waals surface area contributed by atoms with Crippen molar-refractivity contribution in [3.63, 3.8) is 0 Å². The normalized spacial score (nSPS) is 12.0. The molecule has 12 heteroatoms. The van der Waals surface area contributed by atoms with Gasteiger partial charge < -0.3 is 15.8 Å². The molecule has 35 heavy (non-hydrogen) atoms. The molecule has 2 aromatic carbocycles. The molecule has 0 aliphatic carbocycles. The maximum atomic E-state index is 14.7. The van der Waals surface area contributed by atoms with E-state index in [9.17, 15) is 23.7 Å². The molecule has 1 amide bonds. The highest BCUT2D eigenvalue weighted by atomic mass is 19.1. The number of amides is 1. The highest BCUT2D eigenvalue weighted by Crippen LogP contribution is 2.29. The summed E-state index contributed by atoms with van der Waals surface area (Å²) >= 11 is 0. The number of primary amides is 1. The van der Waals surface area contributed by atoms with Crippen LogP contribution in [0.25, 0.3) is 11.0 Å². The number of nitrogens with two attached hydrogens (primary N) is 1. The monoisotopic (exact) mass is 491 g/mol. The van der Waals surface area contributed by atoms with Crippen LogP contribution < -0.4 is 15.8 Å². The molecule has 1 atom stereocenters. The predicted molar refractivity (Wildman–Crippen MR) is 124 cm³/mol. The van der Waals surface area contributed by atoms with Gasteiger partial charge in [-0.2, -0.15) is 0 Å². The summed E-state index contributed by atoms with van der Waals surface area (Å²) in [6.45, 7) is 2.30. The molecule has 0 bridgehead atoms. The molecular formula is C23H27F2N5O5. The molecule has 3 aromatic rings. The molecule has 3 N–H and O–H groups in total. The molecular weight excluding hydrogens is 464 g/mol. The van der Waals surface area contributed by atoms with Crippen LogP contribution in [0.3, 0.4) is 0 Å². The number of anilines is 1. The van der Waals surface area contributed by atoms with Gasteiger partial charge in [0.15, 0.2) is 17.1 Å². The van der Waals surface area contributed by atoms with Crippen molar-refractivity contribution in [3.05, 3.63) is 51.6 Å². The van der Waals surface area contributed by atoms with E-state index in [0.717, 1.165) is 50.7 Å². The Morgan fingerprint density at radius 2 is 1.86 bits per heavy atom. The summed E-state index contributed by atoms with van der Waals surface area (Å²) in [5, 5.41) is 21.6. The second-order valence-corrected chi connectivity index (χ2v) is 8.13. The Labute approximate surface area is 199 Å². The van der Waals surface area contributed by atoms with Crippen LogP contribution in [0, 0.1) is 21.7 Å². The van der Waals surface area contributed by atoms with E-state index in [0.29, 0.717) is 12.1 Å². The van der Waals surface area contributed by atoms with E-state index in [2.05, 4.69) is 27.2 Å². The van der Waals surface area contributed by atoms with Crippen molar-refractivity contribution in [2.24, 2.45) is 5.73 Å². The number of nitrogens with zero attached hydrogens (tertiary/aromatic N) is 3. The molecule has 10 nitrogen and oxygen atoms in total. The number of carbonyl (C=O) groups is 1. The number of carbonyl (C=O) groups excluding carboxylic acids is 1. The summed E-state index contributed by atoms with van der Waals surface area (Å²) < 4.78 is 39.1. The Kier molecular flexibility index (Phi) is 8.87. The fourth-order valence-electron chi connectivity index (χ4n) is 3.75. The zero-order chi connectivity index (χ0) is 25.4. The van der Waals surface area contributed by atoms with Crippen LogP contribution in [0.4, 0.5) is 20.2 Å². The first-order chi connectivity index (χ1) is 16.8. The topological polar surface area (TPSA) is 146 Å². The molecule has 1 aromatic heterocycles. The summed E-state index contributed by atoms with van der Waals surface area (Å²) in [5.74, 6) is -3.76. The summed E-state index contributed by atoms with van der Waals surface area (Å²) in [6, 6.07) is 4.78. The van der Waals surface area contributed by atoms with E-state index in [4.69, 9.17) is 10.5 Å². The molecule has 0 radical (unpaired) electrons. The third kappa shape index (κ3) is 6.40. The Balaban J connectivity index is 1.77. The number of hydrogen-bond donors (Lipinski definition) is 2. The lowest BCUT2D eigenvalue weighted by atomic mass is 10.1. The molecule has 0 spiro atoms. The van der Waals surface area contributed by atoms with E-state index in [1.54, 1.807) is 0 Å². The number of fused-ring (bicyclic) bond motifs is 1. The average Bonchev–Trinajstić information content (AvgIpc) is 3.30. The minimum Gasteiger partial charge on any atom is -0.485 e. The van der Waals surface area contributed by atoms with Crippen LogP contribution >= 0.6 is 0 Å². The molecule has 1 unspecified atom stereocenters. The number of nitro benzene ring substituents is 1.